The third-order valence-corrected chi connectivity index (χ3v) is 10.8. The van der Waals surface area contributed by atoms with E-state index in [4.69, 9.17) is 24.3 Å². The number of carbonyl (C=O) groups is 1. The summed E-state index contributed by atoms with van der Waals surface area (Å²) >= 11 is 0. The maximum atomic E-state index is 12.6. The van der Waals surface area contributed by atoms with Gasteiger partial charge >= 0.3 is 13.8 Å². The van der Waals surface area contributed by atoms with Gasteiger partial charge in [0.2, 0.25) is 0 Å². The number of allylic oxidation sites excluding steroid dienone is 1. The highest BCUT2D eigenvalue weighted by Crippen LogP contribution is 2.43. The Morgan fingerprint density at radius 2 is 0.962 bits per heavy atom. The van der Waals surface area contributed by atoms with E-state index in [1.54, 1.807) is 6.26 Å². The van der Waals surface area contributed by atoms with E-state index in [1.165, 1.54) is 173 Å². The molecule has 0 spiro atoms. The van der Waals surface area contributed by atoms with Crippen LogP contribution in [0.5, 0.6) is 0 Å². The summed E-state index contributed by atoms with van der Waals surface area (Å²) in [5.41, 5.74) is 5.36. The highest BCUT2D eigenvalue weighted by atomic mass is 31.2. The second kappa shape index (κ2) is 41.2. The van der Waals surface area contributed by atoms with Crippen LogP contribution in [0, 0.1) is 0 Å². The molecule has 9 heteroatoms. The number of ether oxygens (including phenoxy) is 2. The Balaban J connectivity index is 4.02. The standard InChI is InChI=1S/C43H86NO7P/c1-3-5-7-9-11-13-15-17-19-21-22-24-26-28-30-32-34-36-43(45)51-42(41-50-52(46,47)49-39-37-44)40-48-38-35-33-31-29-27-25-23-20-18-16-14-12-10-8-6-4-2/h35,38,42H,3-34,36-37,39-41,44H2,1-2H3,(H,46,47)/t42-/m1/s1. The summed E-state index contributed by atoms with van der Waals surface area (Å²) in [7, 11) is -4.29. The fraction of sp³-hybridized carbons (Fsp3) is 0.930. The van der Waals surface area contributed by atoms with E-state index in [0.717, 1.165) is 32.1 Å². The smallest absolute Gasteiger partial charge is 0.472 e. The second-order valence-electron chi connectivity index (χ2n) is 15.0. The van der Waals surface area contributed by atoms with Crippen molar-refractivity contribution in [2.24, 2.45) is 5.73 Å². The Labute approximate surface area is 322 Å². The minimum absolute atomic E-state index is 0.0386. The Morgan fingerprint density at radius 3 is 1.37 bits per heavy atom. The minimum Gasteiger partial charge on any atom is -0.498 e. The van der Waals surface area contributed by atoms with Crippen LogP contribution in [0.15, 0.2) is 12.3 Å². The van der Waals surface area contributed by atoms with Gasteiger partial charge in [-0.2, -0.15) is 0 Å². The van der Waals surface area contributed by atoms with Gasteiger partial charge in [0.25, 0.3) is 0 Å². The maximum Gasteiger partial charge on any atom is 0.472 e. The van der Waals surface area contributed by atoms with Gasteiger partial charge in [-0.1, -0.05) is 200 Å². The summed E-state index contributed by atoms with van der Waals surface area (Å²) in [6.07, 6.45) is 44.6. The van der Waals surface area contributed by atoms with E-state index in [0.29, 0.717) is 6.42 Å². The summed E-state index contributed by atoms with van der Waals surface area (Å²) < 4.78 is 33.2. The zero-order chi connectivity index (χ0) is 38.1. The van der Waals surface area contributed by atoms with Crippen molar-refractivity contribution in [3.05, 3.63) is 12.3 Å². The normalized spacial score (nSPS) is 13.5. The average molecular weight is 760 g/mol. The first kappa shape index (κ1) is 51.1. The van der Waals surface area contributed by atoms with Crippen LogP contribution in [0.1, 0.15) is 226 Å². The van der Waals surface area contributed by atoms with E-state index in [9.17, 15) is 14.3 Å². The fourth-order valence-electron chi connectivity index (χ4n) is 6.49. The molecule has 3 N–H and O–H groups in total. The Hall–Kier alpha value is -0.920. The highest BCUT2D eigenvalue weighted by molar-refractivity contribution is 7.47. The molecule has 310 valence electrons. The molecule has 0 aromatic carbocycles. The van der Waals surface area contributed by atoms with Gasteiger partial charge in [-0.3, -0.25) is 13.8 Å². The van der Waals surface area contributed by atoms with Crippen LogP contribution in [0.4, 0.5) is 0 Å². The lowest BCUT2D eigenvalue weighted by Crippen LogP contribution is -2.27. The fourth-order valence-corrected chi connectivity index (χ4v) is 7.26. The molecule has 0 aliphatic rings. The van der Waals surface area contributed by atoms with Crippen molar-refractivity contribution in [1.29, 1.82) is 0 Å². The molecule has 0 aliphatic heterocycles. The summed E-state index contributed by atoms with van der Waals surface area (Å²) in [5, 5.41) is 0. The SMILES string of the molecule is CCCCCCCCCCCCCCCCC=COC[C@H](COP(=O)(O)OCCN)OC(=O)CCCCCCCCCCCCCCCCCCC. The number of hydrogen-bond donors (Lipinski definition) is 2. The third kappa shape index (κ3) is 40.3. The van der Waals surface area contributed by atoms with Gasteiger partial charge in [-0.15, -0.1) is 0 Å². The summed E-state index contributed by atoms with van der Waals surface area (Å²) in [5.74, 6) is -0.347. The van der Waals surface area contributed by atoms with Crippen LogP contribution in [0.25, 0.3) is 0 Å². The maximum absolute atomic E-state index is 12.6. The zero-order valence-electron chi connectivity index (χ0n) is 34.3. The highest BCUT2D eigenvalue weighted by Gasteiger charge is 2.25. The molecule has 2 atom stereocenters. The summed E-state index contributed by atoms with van der Waals surface area (Å²) in [6.45, 7) is 4.28. The van der Waals surface area contributed by atoms with Crippen LogP contribution in [0.3, 0.4) is 0 Å². The van der Waals surface area contributed by atoms with Gasteiger partial charge in [0.05, 0.1) is 19.5 Å². The van der Waals surface area contributed by atoms with Crippen LogP contribution >= 0.6 is 7.82 Å². The Morgan fingerprint density at radius 1 is 0.577 bits per heavy atom. The predicted molar refractivity (Wildman–Crippen MR) is 219 cm³/mol. The molecular weight excluding hydrogens is 673 g/mol. The van der Waals surface area contributed by atoms with Crippen molar-refractivity contribution < 1.29 is 32.8 Å². The van der Waals surface area contributed by atoms with Crippen molar-refractivity contribution in [2.45, 2.75) is 232 Å². The lowest BCUT2D eigenvalue weighted by molar-refractivity contribution is -0.153. The molecule has 0 bridgehead atoms. The molecular formula is C43H86NO7P. The predicted octanol–water partition coefficient (Wildman–Crippen LogP) is 13.4. The van der Waals surface area contributed by atoms with Gasteiger partial charge in [0.1, 0.15) is 6.61 Å². The molecule has 0 rings (SSSR count). The first-order chi connectivity index (χ1) is 25.4. The molecule has 8 nitrogen and oxygen atoms in total. The van der Waals surface area contributed by atoms with Crippen LogP contribution in [-0.4, -0.2) is 43.3 Å². The van der Waals surface area contributed by atoms with Gasteiger partial charge in [0.15, 0.2) is 6.10 Å². The van der Waals surface area contributed by atoms with Crippen molar-refractivity contribution in [3.63, 3.8) is 0 Å². The number of rotatable bonds is 43. The van der Waals surface area contributed by atoms with E-state index < -0.39 is 13.9 Å². The molecule has 1 unspecified atom stereocenters. The number of hydrogen-bond acceptors (Lipinski definition) is 7. The number of nitrogens with two attached hydrogens (primary N) is 1. The first-order valence-electron chi connectivity index (χ1n) is 22.2. The second-order valence-corrected chi connectivity index (χ2v) is 16.4. The van der Waals surface area contributed by atoms with E-state index in [2.05, 4.69) is 13.8 Å². The Bertz CT molecular complexity index is 812. The molecule has 0 saturated carbocycles. The van der Waals surface area contributed by atoms with Crippen LogP contribution < -0.4 is 5.73 Å². The molecule has 0 radical (unpaired) electrons. The lowest BCUT2D eigenvalue weighted by Gasteiger charge is -2.19. The summed E-state index contributed by atoms with van der Waals surface area (Å²) in [4.78, 5) is 22.5. The Kier molecular flexibility index (Phi) is 40.5. The summed E-state index contributed by atoms with van der Waals surface area (Å²) in [6, 6.07) is 0. The molecule has 0 fully saturated rings. The molecule has 0 aliphatic carbocycles. The van der Waals surface area contributed by atoms with E-state index in [-0.39, 0.29) is 32.3 Å². The average Bonchev–Trinajstić information content (AvgIpc) is 3.13. The number of carbonyl (C=O) groups excluding carboxylic acids is 1. The molecule has 0 heterocycles. The van der Waals surface area contributed by atoms with E-state index >= 15 is 0 Å². The lowest BCUT2D eigenvalue weighted by atomic mass is 10.0. The van der Waals surface area contributed by atoms with Gasteiger partial charge < -0.3 is 20.1 Å². The first-order valence-corrected chi connectivity index (χ1v) is 23.7. The number of unbranched alkanes of at least 4 members (excludes halogenated alkanes) is 30. The van der Waals surface area contributed by atoms with Crippen molar-refractivity contribution in [3.8, 4) is 0 Å². The largest absolute Gasteiger partial charge is 0.498 e. The molecule has 0 amide bonds. The monoisotopic (exact) mass is 760 g/mol. The quantitative estimate of drug-likeness (QED) is 0.0273. The van der Waals surface area contributed by atoms with Gasteiger partial charge in [-0.05, 0) is 25.3 Å². The minimum atomic E-state index is -4.29. The van der Waals surface area contributed by atoms with Crippen LogP contribution in [-0.2, 0) is 27.9 Å². The molecule has 0 saturated heterocycles. The molecule has 0 aromatic heterocycles. The molecule has 0 aromatic rings. The van der Waals surface area contributed by atoms with E-state index in [1.807, 2.05) is 6.08 Å². The zero-order valence-corrected chi connectivity index (χ0v) is 35.2. The van der Waals surface area contributed by atoms with Crippen molar-refractivity contribution in [1.82, 2.24) is 0 Å². The van der Waals surface area contributed by atoms with Crippen LogP contribution in [0.2, 0.25) is 0 Å². The van der Waals surface area contributed by atoms with Crippen molar-refractivity contribution in [2.75, 3.05) is 26.4 Å². The van der Waals surface area contributed by atoms with Crippen molar-refractivity contribution >= 4 is 13.8 Å². The van der Waals surface area contributed by atoms with Gasteiger partial charge in [0, 0.05) is 13.0 Å². The number of phosphoric ester groups is 1. The third-order valence-electron chi connectivity index (χ3n) is 9.78. The number of phosphoric acid groups is 1. The number of esters is 1. The van der Waals surface area contributed by atoms with Gasteiger partial charge in [-0.25, -0.2) is 4.57 Å². The molecule has 52 heavy (non-hydrogen) atoms. The topological polar surface area (TPSA) is 117 Å².